The van der Waals surface area contributed by atoms with Crippen LogP contribution in [0, 0.1) is 0 Å². The predicted molar refractivity (Wildman–Crippen MR) is 58.5 cm³/mol. The molecule has 80 valence electrons. The fourth-order valence-electron chi connectivity index (χ4n) is 0.953. The Morgan fingerprint density at radius 3 is 2.46 bits per heavy atom. The van der Waals surface area contributed by atoms with Gasteiger partial charge in [0.2, 0.25) is 0 Å². The molecule has 0 radical (unpaired) electrons. The highest BCUT2D eigenvalue weighted by Gasteiger charge is 2.21. The van der Waals surface area contributed by atoms with E-state index in [0.717, 1.165) is 26.2 Å². The molecule has 3 heteroatoms. The Bertz CT molecular complexity index is 128. The molecule has 0 amide bonds. The Morgan fingerprint density at radius 1 is 1.38 bits per heavy atom. The number of ether oxygens (including phenoxy) is 1. The van der Waals surface area contributed by atoms with Crippen molar-refractivity contribution in [2.75, 3.05) is 32.7 Å². The van der Waals surface area contributed by atoms with Gasteiger partial charge in [-0.15, -0.1) is 11.6 Å². The van der Waals surface area contributed by atoms with E-state index in [4.69, 9.17) is 16.3 Å². The lowest BCUT2D eigenvalue weighted by atomic mass is 10.1. The second-order valence-electron chi connectivity index (χ2n) is 3.92. The SMILES string of the molecule is CCOCCCN(C)C(C)(C)CCl. The first-order chi connectivity index (χ1) is 6.04. The smallest absolute Gasteiger partial charge is 0.0478 e. The standard InChI is InChI=1S/C10H22ClNO/c1-5-13-8-6-7-12(4)10(2,3)9-11/h5-9H2,1-4H3. The summed E-state index contributed by atoms with van der Waals surface area (Å²) in [4.78, 5) is 2.28. The first-order valence-electron chi connectivity index (χ1n) is 4.89. The van der Waals surface area contributed by atoms with E-state index in [1.807, 2.05) is 6.92 Å². The van der Waals surface area contributed by atoms with Crippen LogP contribution < -0.4 is 0 Å². The zero-order chi connectivity index (χ0) is 10.3. The van der Waals surface area contributed by atoms with Gasteiger partial charge in [-0.3, -0.25) is 4.90 Å². The van der Waals surface area contributed by atoms with Crippen LogP contribution >= 0.6 is 11.6 Å². The molecule has 0 aromatic rings. The number of hydrogen-bond donors (Lipinski definition) is 0. The van der Waals surface area contributed by atoms with Gasteiger partial charge < -0.3 is 4.74 Å². The van der Waals surface area contributed by atoms with E-state index in [1.54, 1.807) is 0 Å². The molecule has 13 heavy (non-hydrogen) atoms. The maximum absolute atomic E-state index is 5.86. The summed E-state index contributed by atoms with van der Waals surface area (Å²) >= 11 is 5.86. The number of rotatable bonds is 7. The maximum Gasteiger partial charge on any atom is 0.0478 e. The Morgan fingerprint density at radius 2 is 2.00 bits per heavy atom. The third kappa shape index (κ3) is 5.50. The minimum Gasteiger partial charge on any atom is -0.382 e. The van der Waals surface area contributed by atoms with Crippen LogP contribution in [0.4, 0.5) is 0 Å². The van der Waals surface area contributed by atoms with Crippen LogP contribution in [-0.4, -0.2) is 43.1 Å². The molecule has 0 aliphatic heterocycles. The molecule has 0 saturated heterocycles. The van der Waals surface area contributed by atoms with Crippen LogP contribution in [0.3, 0.4) is 0 Å². The first kappa shape index (κ1) is 13.2. The average Bonchev–Trinajstić information content (AvgIpc) is 2.12. The molecular weight excluding hydrogens is 186 g/mol. The Balaban J connectivity index is 3.55. The van der Waals surface area contributed by atoms with E-state index in [9.17, 15) is 0 Å². The van der Waals surface area contributed by atoms with Crippen LogP contribution in [0.2, 0.25) is 0 Å². The van der Waals surface area contributed by atoms with Gasteiger partial charge in [0.1, 0.15) is 0 Å². The van der Waals surface area contributed by atoms with E-state index in [2.05, 4.69) is 25.8 Å². The minimum absolute atomic E-state index is 0.0910. The van der Waals surface area contributed by atoms with E-state index in [-0.39, 0.29) is 5.54 Å². The fraction of sp³-hybridized carbons (Fsp3) is 1.00. The Kier molecular flexibility index (Phi) is 6.74. The minimum atomic E-state index is 0.0910. The summed E-state index contributed by atoms with van der Waals surface area (Å²) in [6.45, 7) is 9.02. The van der Waals surface area contributed by atoms with Crippen molar-refractivity contribution in [2.45, 2.75) is 32.7 Å². The van der Waals surface area contributed by atoms with Gasteiger partial charge in [-0.1, -0.05) is 0 Å². The summed E-state index contributed by atoms with van der Waals surface area (Å²) in [6.07, 6.45) is 1.07. The molecule has 0 heterocycles. The molecular formula is C10H22ClNO. The topological polar surface area (TPSA) is 12.5 Å². The highest BCUT2D eigenvalue weighted by atomic mass is 35.5. The van der Waals surface area contributed by atoms with Crippen molar-refractivity contribution < 1.29 is 4.74 Å². The van der Waals surface area contributed by atoms with Gasteiger partial charge in [0, 0.05) is 31.2 Å². The van der Waals surface area contributed by atoms with Gasteiger partial charge >= 0.3 is 0 Å². The molecule has 0 spiro atoms. The van der Waals surface area contributed by atoms with Gasteiger partial charge in [-0.05, 0) is 34.2 Å². The first-order valence-corrected chi connectivity index (χ1v) is 5.43. The molecule has 0 N–H and O–H groups in total. The molecule has 0 saturated carbocycles. The third-order valence-corrected chi connectivity index (χ3v) is 3.00. The van der Waals surface area contributed by atoms with Crippen molar-refractivity contribution in [3.8, 4) is 0 Å². The maximum atomic E-state index is 5.86. The summed E-state index contributed by atoms with van der Waals surface area (Å²) < 4.78 is 5.27. The van der Waals surface area contributed by atoms with E-state index in [1.165, 1.54) is 0 Å². The number of hydrogen-bond acceptors (Lipinski definition) is 2. The third-order valence-electron chi connectivity index (χ3n) is 2.35. The second kappa shape index (κ2) is 6.63. The number of nitrogens with zero attached hydrogens (tertiary/aromatic N) is 1. The lowest BCUT2D eigenvalue weighted by molar-refractivity contribution is 0.116. The van der Waals surface area contributed by atoms with Crippen molar-refractivity contribution >= 4 is 11.6 Å². The fourth-order valence-corrected chi connectivity index (χ4v) is 1.16. The number of alkyl halides is 1. The van der Waals surface area contributed by atoms with Crippen molar-refractivity contribution in [3.05, 3.63) is 0 Å². The van der Waals surface area contributed by atoms with E-state index >= 15 is 0 Å². The summed E-state index contributed by atoms with van der Waals surface area (Å²) in [5.41, 5.74) is 0.0910. The van der Waals surface area contributed by atoms with Crippen molar-refractivity contribution in [1.29, 1.82) is 0 Å². The zero-order valence-electron chi connectivity index (χ0n) is 9.27. The van der Waals surface area contributed by atoms with Gasteiger partial charge in [-0.25, -0.2) is 0 Å². The lowest BCUT2D eigenvalue weighted by Crippen LogP contribution is -2.43. The second-order valence-corrected chi connectivity index (χ2v) is 4.19. The van der Waals surface area contributed by atoms with Gasteiger partial charge in [0.25, 0.3) is 0 Å². The van der Waals surface area contributed by atoms with Gasteiger partial charge in [0.05, 0.1) is 0 Å². The molecule has 0 aliphatic carbocycles. The normalized spacial score (nSPS) is 12.5. The monoisotopic (exact) mass is 207 g/mol. The number of halogens is 1. The molecule has 0 unspecified atom stereocenters. The Labute approximate surface area is 87.2 Å². The lowest BCUT2D eigenvalue weighted by Gasteiger charge is -2.33. The zero-order valence-corrected chi connectivity index (χ0v) is 10.0. The highest BCUT2D eigenvalue weighted by molar-refractivity contribution is 6.18. The van der Waals surface area contributed by atoms with E-state index in [0.29, 0.717) is 5.88 Å². The molecule has 0 fully saturated rings. The quantitative estimate of drug-likeness (QED) is 0.470. The molecule has 2 nitrogen and oxygen atoms in total. The molecule has 0 rings (SSSR count). The summed E-state index contributed by atoms with van der Waals surface area (Å²) in [5, 5.41) is 0. The highest BCUT2D eigenvalue weighted by Crippen LogP contribution is 2.13. The van der Waals surface area contributed by atoms with Crippen LogP contribution in [-0.2, 0) is 4.74 Å². The van der Waals surface area contributed by atoms with Crippen LogP contribution in [0.15, 0.2) is 0 Å². The molecule has 0 atom stereocenters. The van der Waals surface area contributed by atoms with E-state index < -0.39 is 0 Å². The van der Waals surface area contributed by atoms with Gasteiger partial charge in [-0.2, -0.15) is 0 Å². The average molecular weight is 208 g/mol. The van der Waals surface area contributed by atoms with Crippen LogP contribution in [0.5, 0.6) is 0 Å². The molecule has 0 aliphatic rings. The van der Waals surface area contributed by atoms with Crippen LogP contribution in [0.25, 0.3) is 0 Å². The molecule has 0 bridgehead atoms. The van der Waals surface area contributed by atoms with Crippen LogP contribution in [0.1, 0.15) is 27.2 Å². The summed E-state index contributed by atoms with van der Waals surface area (Å²) in [6, 6.07) is 0. The Hall–Kier alpha value is 0.210. The predicted octanol–water partition coefficient (Wildman–Crippen LogP) is 2.36. The summed E-state index contributed by atoms with van der Waals surface area (Å²) in [5.74, 6) is 0.665. The summed E-state index contributed by atoms with van der Waals surface area (Å²) in [7, 11) is 2.11. The van der Waals surface area contributed by atoms with Gasteiger partial charge in [0.15, 0.2) is 0 Å². The van der Waals surface area contributed by atoms with Crippen molar-refractivity contribution in [1.82, 2.24) is 4.90 Å². The largest absolute Gasteiger partial charge is 0.382 e. The van der Waals surface area contributed by atoms with Crippen molar-refractivity contribution in [3.63, 3.8) is 0 Å². The molecule has 0 aromatic heterocycles. The molecule has 0 aromatic carbocycles. The van der Waals surface area contributed by atoms with Crippen molar-refractivity contribution in [2.24, 2.45) is 0 Å².